The lowest BCUT2D eigenvalue weighted by Crippen LogP contribution is -2.25. The highest BCUT2D eigenvalue weighted by Crippen LogP contribution is 2.30. The fraction of sp³-hybridized carbons (Fsp3) is 0.222. The number of rotatable bonds is 3. The number of amides is 2. The van der Waals surface area contributed by atoms with Crippen molar-refractivity contribution in [1.82, 2.24) is 0 Å². The van der Waals surface area contributed by atoms with E-state index in [1.807, 2.05) is 12.1 Å². The Morgan fingerprint density at radius 1 is 1.21 bits per heavy atom. The second-order valence-corrected chi connectivity index (χ2v) is 5.57. The van der Waals surface area contributed by atoms with E-state index >= 15 is 0 Å². The number of nitrogens with zero attached hydrogens (tertiary/aromatic N) is 1. The Labute approximate surface area is 139 Å². The van der Waals surface area contributed by atoms with E-state index in [0.717, 1.165) is 23.7 Å². The Hall–Kier alpha value is -2.89. The average Bonchev–Trinajstić information content (AvgIpc) is 2.98. The fourth-order valence-corrected chi connectivity index (χ4v) is 2.82. The molecule has 24 heavy (non-hydrogen) atoms. The van der Waals surface area contributed by atoms with Crippen LogP contribution in [0.3, 0.4) is 0 Å². The van der Waals surface area contributed by atoms with Crippen molar-refractivity contribution in [2.45, 2.75) is 13.3 Å². The molecule has 0 saturated carbocycles. The summed E-state index contributed by atoms with van der Waals surface area (Å²) < 4.78 is 18.5. The minimum atomic E-state index is -0.587. The van der Waals surface area contributed by atoms with Gasteiger partial charge in [0.2, 0.25) is 5.91 Å². The molecule has 1 N–H and O–H groups in total. The van der Waals surface area contributed by atoms with Gasteiger partial charge in [-0.05, 0) is 48.4 Å². The molecule has 3 rings (SSSR count). The molecule has 1 heterocycles. The van der Waals surface area contributed by atoms with E-state index in [4.69, 9.17) is 4.74 Å². The minimum Gasteiger partial charge on any atom is -0.494 e. The van der Waals surface area contributed by atoms with Crippen LogP contribution in [-0.4, -0.2) is 25.5 Å². The first-order chi connectivity index (χ1) is 11.5. The molecule has 0 spiro atoms. The number of hydrogen-bond acceptors (Lipinski definition) is 3. The monoisotopic (exact) mass is 328 g/mol. The zero-order chi connectivity index (χ0) is 17.3. The van der Waals surface area contributed by atoms with E-state index in [0.29, 0.717) is 12.2 Å². The van der Waals surface area contributed by atoms with Crippen molar-refractivity contribution in [1.29, 1.82) is 0 Å². The number of halogens is 1. The zero-order valence-electron chi connectivity index (χ0n) is 13.4. The van der Waals surface area contributed by atoms with Crippen LogP contribution in [0.1, 0.15) is 22.8 Å². The van der Waals surface area contributed by atoms with Crippen molar-refractivity contribution in [3.05, 3.63) is 53.3 Å². The van der Waals surface area contributed by atoms with Crippen molar-refractivity contribution in [3.8, 4) is 5.75 Å². The van der Waals surface area contributed by atoms with Crippen molar-refractivity contribution in [2.24, 2.45) is 0 Å². The third-order valence-corrected chi connectivity index (χ3v) is 4.03. The lowest BCUT2D eigenvalue weighted by atomic mass is 10.1. The zero-order valence-corrected chi connectivity index (χ0v) is 13.4. The van der Waals surface area contributed by atoms with Crippen LogP contribution in [0.2, 0.25) is 0 Å². The predicted octanol–water partition coefficient (Wildman–Crippen LogP) is 3.00. The van der Waals surface area contributed by atoms with Gasteiger partial charge in [0, 0.05) is 30.4 Å². The molecule has 0 unspecified atom stereocenters. The molecular weight excluding hydrogens is 311 g/mol. The van der Waals surface area contributed by atoms with E-state index in [-0.39, 0.29) is 17.2 Å². The Kier molecular flexibility index (Phi) is 4.20. The normalized spacial score (nSPS) is 12.7. The van der Waals surface area contributed by atoms with Gasteiger partial charge in [-0.25, -0.2) is 4.39 Å². The SMILES string of the molecule is COc1ccc(C(=O)Nc2ccc3c(c2)CCN3C(C)=O)cc1F. The molecule has 0 atom stereocenters. The molecule has 2 amide bonds. The third-order valence-electron chi connectivity index (χ3n) is 4.03. The largest absolute Gasteiger partial charge is 0.494 e. The van der Waals surface area contributed by atoms with Crippen LogP contribution in [0.5, 0.6) is 5.75 Å². The lowest BCUT2D eigenvalue weighted by molar-refractivity contribution is -0.116. The quantitative estimate of drug-likeness (QED) is 0.942. The molecule has 6 heteroatoms. The van der Waals surface area contributed by atoms with Gasteiger partial charge in [0.1, 0.15) is 0 Å². The highest BCUT2D eigenvalue weighted by molar-refractivity contribution is 6.04. The van der Waals surface area contributed by atoms with Gasteiger partial charge < -0.3 is 15.0 Å². The van der Waals surface area contributed by atoms with Gasteiger partial charge in [0.15, 0.2) is 11.6 Å². The van der Waals surface area contributed by atoms with Crippen LogP contribution in [-0.2, 0) is 11.2 Å². The molecule has 5 nitrogen and oxygen atoms in total. The van der Waals surface area contributed by atoms with E-state index in [1.54, 1.807) is 11.0 Å². The number of fused-ring (bicyclic) bond motifs is 1. The number of anilines is 2. The van der Waals surface area contributed by atoms with Gasteiger partial charge in [-0.2, -0.15) is 0 Å². The fourth-order valence-electron chi connectivity index (χ4n) is 2.82. The summed E-state index contributed by atoms with van der Waals surface area (Å²) in [6, 6.07) is 9.45. The Bertz CT molecular complexity index is 820. The topological polar surface area (TPSA) is 58.6 Å². The van der Waals surface area contributed by atoms with Crippen LogP contribution in [0.15, 0.2) is 36.4 Å². The van der Waals surface area contributed by atoms with Crippen LogP contribution in [0, 0.1) is 5.82 Å². The third kappa shape index (κ3) is 2.95. The summed E-state index contributed by atoms with van der Waals surface area (Å²) in [6.07, 6.45) is 0.746. The minimum absolute atomic E-state index is 0.000700. The van der Waals surface area contributed by atoms with Crippen molar-refractivity contribution in [2.75, 3.05) is 23.9 Å². The molecule has 1 aliphatic heterocycles. The van der Waals surface area contributed by atoms with E-state index < -0.39 is 11.7 Å². The lowest BCUT2D eigenvalue weighted by Gasteiger charge is -2.15. The van der Waals surface area contributed by atoms with Crippen molar-refractivity contribution >= 4 is 23.2 Å². The van der Waals surface area contributed by atoms with E-state index in [9.17, 15) is 14.0 Å². The standard InChI is InChI=1S/C18H17FN2O3/c1-11(22)21-8-7-12-9-14(4-5-16(12)21)20-18(23)13-3-6-17(24-2)15(19)10-13/h3-6,9-10H,7-8H2,1-2H3,(H,20,23). The Morgan fingerprint density at radius 2 is 2.00 bits per heavy atom. The summed E-state index contributed by atoms with van der Waals surface area (Å²) >= 11 is 0. The molecule has 2 aromatic carbocycles. The summed E-state index contributed by atoms with van der Waals surface area (Å²) in [7, 11) is 1.37. The first-order valence-electron chi connectivity index (χ1n) is 7.55. The molecule has 124 valence electrons. The molecular formula is C18H17FN2O3. The van der Waals surface area contributed by atoms with Crippen LogP contribution in [0.4, 0.5) is 15.8 Å². The van der Waals surface area contributed by atoms with Crippen LogP contribution >= 0.6 is 0 Å². The highest BCUT2D eigenvalue weighted by Gasteiger charge is 2.22. The van der Waals surface area contributed by atoms with Crippen LogP contribution < -0.4 is 15.0 Å². The van der Waals surface area contributed by atoms with E-state index in [1.165, 1.54) is 26.2 Å². The molecule has 1 aliphatic rings. The molecule has 0 bridgehead atoms. The predicted molar refractivity (Wildman–Crippen MR) is 89.1 cm³/mol. The van der Waals surface area contributed by atoms with E-state index in [2.05, 4.69) is 5.32 Å². The smallest absolute Gasteiger partial charge is 0.255 e. The molecule has 0 aromatic heterocycles. The maximum absolute atomic E-state index is 13.7. The second kappa shape index (κ2) is 6.31. The van der Waals surface area contributed by atoms with Gasteiger partial charge in [0.05, 0.1) is 7.11 Å². The molecule has 0 saturated heterocycles. The Balaban J connectivity index is 1.78. The number of methoxy groups -OCH3 is 1. The summed E-state index contributed by atoms with van der Waals surface area (Å²) in [6.45, 7) is 2.18. The number of carbonyl (C=O) groups is 2. The molecule has 0 fully saturated rings. The number of ether oxygens (including phenoxy) is 1. The Morgan fingerprint density at radius 3 is 2.67 bits per heavy atom. The summed E-state index contributed by atoms with van der Waals surface area (Å²) in [4.78, 5) is 25.5. The maximum Gasteiger partial charge on any atom is 0.255 e. The van der Waals surface area contributed by atoms with Gasteiger partial charge in [-0.3, -0.25) is 9.59 Å². The number of nitrogens with one attached hydrogen (secondary N) is 1. The first kappa shape index (κ1) is 16.0. The van der Waals surface area contributed by atoms with Crippen molar-refractivity contribution < 1.29 is 18.7 Å². The number of carbonyl (C=O) groups excluding carboxylic acids is 2. The maximum atomic E-state index is 13.7. The molecule has 0 radical (unpaired) electrons. The summed E-state index contributed by atoms with van der Waals surface area (Å²) in [5.41, 5.74) is 2.69. The average molecular weight is 328 g/mol. The number of benzene rings is 2. The van der Waals surface area contributed by atoms with Gasteiger partial charge in [0.25, 0.3) is 5.91 Å². The first-order valence-corrected chi connectivity index (χ1v) is 7.55. The summed E-state index contributed by atoms with van der Waals surface area (Å²) in [5, 5.41) is 2.75. The van der Waals surface area contributed by atoms with Gasteiger partial charge in [-0.15, -0.1) is 0 Å². The number of hydrogen-bond donors (Lipinski definition) is 1. The molecule has 0 aliphatic carbocycles. The molecule has 2 aromatic rings. The van der Waals surface area contributed by atoms with Gasteiger partial charge in [-0.1, -0.05) is 0 Å². The summed E-state index contributed by atoms with van der Waals surface area (Å²) in [5.74, 6) is -0.901. The van der Waals surface area contributed by atoms with Crippen LogP contribution in [0.25, 0.3) is 0 Å². The van der Waals surface area contributed by atoms with Gasteiger partial charge >= 0.3 is 0 Å². The van der Waals surface area contributed by atoms with Crippen molar-refractivity contribution in [3.63, 3.8) is 0 Å². The second-order valence-electron chi connectivity index (χ2n) is 5.57. The highest BCUT2D eigenvalue weighted by atomic mass is 19.1.